The van der Waals surface area contributed by atoms with Crippen molar-refractivity contribution in [1.29, 1.82) is 0 Å². The minimum absolute atomic E-state index is 0.169. The van der Waals surface area contributed by atoms with E-state index in [1.165, 1.54) is 11.6 Å². The van der Waals surface area contributed by atoms with Crippen LogP contribution >= 0.6 is 0 Å². The molecular weight excluding hydrogens is 302 g/mol. The van der Waals surface area contributed by atoms with E-state index in [-0.39, 0.29) is 5.75 Å². The summed E-state index contributed by atoms with van der Waals surface area (Å²) in [7, 11) is 2.02. The normalized spacial score (nSPS) is 11.3. The number of benzene rings is 2. The largest absolute Gasteiger partial charge is 0.508 e. The SMILES string of the molecule is CCc1cc2c(CN(C)Cc3ccccc3)cc(=O)oc2cc1O. The standard InChI is InChI=1S/C20H21NO3/c1-3-15-9-17-16(10-20(23)24-19(17)11-18(15)22)13-21(2)12-14-7-5-4-6-8-14/h4-11,22H,3,12-13H2,1-2H3. The fourth-order valence-electron chi connectivity index (χ4n) is 2.96. The highest BCUT2D eigenvalue weighted by Crippen LogP contribution is 2.27. The zero-order valence-corrected chi connectivity index (χ0v) is 14.0. The number of hydrogen-bond acceptors (Lipinski definition) is 4. The van der Waals surface area contributed by atoms with Crippen LogP contribution in [0.3, 0.4) is 0 Å². The molecular formula is C20H21NO3. The van der Waals surface area contributed by atoms with Crippen molar-refractivity contribution in [1.82, 2.24) is 4.90 Å². The average molecular weight is 323 g/mol. The molecule has 0 aliphatic carbocycles. The predicted molar refractivity (Wildman–Crippen MR) is 95.1 cm³/mol. The molecule has 0 atom stereocenters. The summed E-state index contributed by atoms with van der Waals surface area (Å²) in [6.07, 6.45) is 0.722. The third-order valence-electron chi connectivity index (χ3n) is 4.15. The van der Waals surface area contributed by atoms with Crippen LogP contribution < -0.4 is 5.63 Å². The van der Waals surface area contributed by atoms with Gasteiger partial charge in [0.2, 0.25) is 0 Å². The fraction of sp³-hybridized carbons (Fsp3) is 0.250. The van der Waals surface area contributed by atoms with Gasteiger partial charge in [0.15, 0.2) is 0 Å². The van der Waals surface area contributed by atoms with Crippen molar-refractivity contribution in [3.63, 3.8) is 0 Å². The zero-order valence-electron chi connectivity index (χ0n) is 14.0. The topological polar surface area (TPSA) is 53.7 Å². The van der Waals surface area contributed by atoms with E-state index in [2.05, 4.69) is 17.0 Å². The van der Waals surface area contributed by atoms with E-state index >= 15 is 0 Å². The molecule has 24 heavy (non-hydrogen) atoms. The predicted octanol–water partition coefficient (Wildman–Crippen LogP) is 3.69. The maximum Gasteiger partial charge on any atom is 0.336 e. The van der Waals surface area contributed by atoms with Crippen molar-refractivity contribution in [3.8, 4) is 5.75 Å². The molecule has 0 saturated heterocycles. The minimum atomic E-state index is -0.394. The molecule has 3 aromatic rings. The molecule has 0 bridgehead atoms. The van der Waals surface area contributed by atoms with Gasteiger partial charge in [0, 0.05) is 30.6 Å². The van der Waals surface area contributed by atoms with E-state index in [9.17, 15) is 9.90 Å². The van der Waals surface area contributed by atoms with Gasteiger partial charge in [-0.2, -0.15) is 0 Å². The number of aromatic hydroxyl groups is 1. The fourth-order valence-corrected chi connectivity index (χ4v) is 2.96. The molecule has 2 aromatic carbocycles. The highest BCUT2D eigenvalue weighted by molar-refractivity contribution is 5.82. The van der Waals surface area contributed by atoms with Crippen LogP contribution in [-0.4, -0.2) is 17.1 Å². The van der Waals surface area contributed by atoms with Crippen molar-refractivity contribution in [3.05, 3.63) is 75.6 Å². The second-order valence-corrected chi connectivity index (χ2v) is 6.08. The summed E-state index contributed by atoms with van der Waals surface area (Å²) < 4.78 is 5.25. The Morgan fingerprint density at radius 3 is 2.50 bits per heavy atom. The molecule has 1 N–H and O–H groups in total. The van der Waals surface area contributed by atoms with E-state index in [4.69, 9.17) is 4.42 Å². The Kier molecular flexibility index (Phi) is 4.67. The number of rotatable bonds is 5. The Hall–Kier alpha value is -2.59. The number of phenolic OH excluding ortho intramolecular Hbond substituents is 1. The Labute approximate surface area is 141 Å². The summed E-state index contributed by atoms with van der Waals surface area (Å²) >= 11 is 0. The summed E-state index contributed by atoms with van der Waals surface area (Å²) in [6, 6.07) is 15.2. The molecule has 1 aromatic heterocycles. The lowest BCUT2D eigenvalue weighted by Crippen LogP contribution is -2.18. The Morgan fingerprint density at radius 2 is 1.79 bits per heavy atom. The Balaban J connectivity index is 1.94. The summed E-state index contributed by atoms with van der Waals surface area (Å²) in [4.78, 5) is 14.0. The Bertz CT molecular complexity index is 900. The van der Waals surface area contributed by atoms with Gasteiger partial charge in [-0.3, -0.25) is 4.90 Å². The van der Waals surface area contributed by atoms with Crippen molar-refractivity contribution >= 4 is 11.0 Å². The minimum Gasteiger partial charge on any atom is -0.508 e. The van der Waals surface area contributed by atoms with Gasteiger partial charge in [-0.05, 0) is 36.2 Å². The zero-order chi connectivity index (χ0) is 17.1. The number of hydrogen-bond donors (Lipinski definition) is 1. The molecule has 0 saturated carbocycles. The lowest BCUT2D eigenvalue weighted by atomic mass is 10.0. The van der Waals surface area contributed by atoms with Crippen molar-refractivity contribution in [2.45, 2.75) is 26.4 Å². The second-order valence-electron chi connectivity index (χ2n) is 6.08. The van der Waals surface area contributed by atoms with Gasteiger partial charge in [-0.15, -0.1) is 0 Å². The molecule has 0 fully saturated rings. The van der Waals surface area contributed by atoms with Crippen LogP contribution in [-0.2, 0) is 19.5 Å². The number of nitrogens with zero attached hydrogens (tertiary/aromatic N) is 1. The highest BCUT2D eigenvalue weighted by Gasteiger charge is 2.12. The molecule has 0 unspecified atom stereocenters. The number of aryl methyl sites for hydroxylation is 1. The second kappa shape index (κ2) is 6.89. The lowest BCUT2D eigenvalue weighted by Gasteiger charge is -2.18. The van der Waals surface area contributed by atoms with Crippen LogP contribution in [0.1, 0.15) is 23.6 Å². The molecule has 0 radical (unpaired) electrons. The highest BCUT2D eigenvalue weighted by atomic mass is 16.4. The van der Waals surface area contributed by atoms with Gasteiger partial charge < -0.3 is 9.52 Å². The van der Waals surface area contributed by atoms with Gasteiger partial charge >= 0.3 is 5.63 Å². The van der Waals surface area contributed by atoms with E-state index in [1.807, 2.05) is 38.2 Å². The monoisotopic (exact) mass is 323 g/mol. The summed E-state index contributed by atoms with van der Waals surface area (Å²) in [5, 5.41) is 10.9. The van der Waals surface area contributed by atoms with Crippen LogP contribution in [0.15, 0.2) is 57.7 Å². The van der Waals surface area contributed by atoms with Gasteiger partial charge in [0.05, 0.1) is 0 Å². The first-order valence-corrected chi connectivity index (χ1v) is 8.08. The van der Waals surface area contributed by atoms with Crippen molar-refractivity contribution in [2.75, 3.05) is 7.05 Å². The lowest BCUT2D eigenvalue weighted by molar-refractivity contribution is 0.319. The van der Waals surface area contributed by atoms with E-state index in [0.29, 0.717) is 12.1 Å². The molecule has 3 rings (SSSR count). The van der Waals surface area contributed by atoms with Gasteiger partial charge in [0.25, 0.3) is 0 Å². The van der Waals surface area contributed by atoms with Crippen LogP contribution in [0.2, 0.25) is 0 Å². The van der Waals surface area contributed by atoms with E-state index < -0.39 is 5.63 Å². The van der Waals surface area contributed by atoms with Crippen LogP contribution in [0.25, 0.3) is 11.0 Å². The molecule has 1 heterocycles. The first kappa shape index (κ1) is 16.3. The summed E-state index contributed by atoms with van der Waals surface area (Å²) in [5.41, 5.74) is 3.02. The van der Waals surface area contributed by atoms with Crippen molar-refractivity contribution in [2.24, 2.45) is 0 Å². The maximum atomic E-state index is 11.8. The molecule has 0 aliphatic rings. The van der Waals surface area contributed by atoms with Crippen LogP contribution in [0, 0.1) is 0 Å². The number of fused-ring (bicyclic) bond motifs is 1. The first-order valence-electron chi connectivity index (χ1n) is 8.08. The van der Waals surface area contributed by atoms with E-state index in [1.54, 1.807) is 6.07 Å². The number of phenols is 1. The molecule has 4 heteroatoms. The average Bonchev–Trinajstić information content (AvgIpc) is 2.55. The van der Waals surface area contributed by atoms with Crippen LogP contribution in [0.4, 0.5) is 0 Å². The third-order valence-corrected chi connectivity index (χ3v) is 4.15. The quantitative estimate of drug-likeness (QED) is 0.728. The maximum absolute atomic E-state index is 11.8. The van der Waals surface area contributed by atoms with Crippen molar-refractivity contribution < 1.29 is 9.52 Å². The molecule has 0 aliphatic heterocycles. The first-order chi connectivity index (χ1) is 11.6. The molecule has 4 nitrogen and oxygen atoms in total. The Morgan fingerprint density at radius 1 is 1.04 bits per heavy atom. The van der Waals surface area contributed by atoms with E-state index in [0.717, 1.165) is 29.5 Å². The smallest absolute Gasteiger partial charge is 0.336 e. The van der Waals surface area contributed by atoms with Crippen LogP contribution in [0.5, 0.6) is 5.75 Å². The molecule has 124 valence electrons. The van der Waals surface area contributed by atoms with Gasteiger partial charge in [-0.25, -0.2) is 4.79 Å². The summed E-state index contributed by atoms with van der Waals surface area (Å²) in [5.74, 6) is 0.169. The third kappa shape index (κ3) is 3.49. The van der Waals surface area contributed by atoms with Gasteiger partial charge in [0.1, 0.15) is 11.3 Å². The molecule has 0 spiro atoms. The molecule has 0 amide bonds. The van der Waals surface area contributed by atoms with Gasteiger partial charge in [-0.1, -0.05) is 37.3 Å². The summed E-state index contributed by atoms with van der Waals surface area (Å²) in [6.45, 7) is 3.41.